The number of carbonyl (C=O) groups is 3. The van der Waals surface area contributed by atoms with Crippen molar-refractivity contribution >= 4 is 23.9 Å². The van der Waals surface area contributed by atoms with Crippen molar-refractivity contribution in [1.29, 1.82) is 0 Å². The molecule has 6 heteroatoms. The molecule has 0 radical (unpaired) electrons. The van der Waals surface area contributed by atoms with Crippen LogP contribution in [0.15, 0.2) is 30.3 Å². The summed E-state index contributed by atoms with van der Waals surface area (Å²) in [7, 11) is 0. The van der Waals surface area contributed by atoms with E-state index in [-0.39, 0.29) is 5.91 Å². The highest BCUT2D eigenvalue weighted by molar-refractivity contribution is 5.95. The Bertz CT molecular complexity index is 592. The van der Waals surface area contributed by atoms with E-state index in [1.54, 1.807) is 30.3 Å². The zero-order valence-corrected chi connectivity index (χ0v) is 11.4. The van der Waals surface area contributed by atoms with Crippen molar-refractivity contribution in [3.63, 3.8) is 0 Å². The number of nitrogens with zero attached hydrogens (tertiary/aromatic N) is 1. The number of carbonyl (C=O) groups excluding carboxylic acids is 2. The van der Waals surface area contributed by atoms with Crippen LogP contribution in [0, 0.1) is 0 Å². The first-order valence-corrected chi connectivity index (χ1v) is 6.60. The smallest absolute Gasteiger partial charge is 0.326 e. The van der Waals surface area contributed by atoms with Crippen molar-refractivity contribution in [2.45, 2.75) is 18.9 Å². The van der Waals surface area contributed by atoms with Crippen LogP contribution in [0.2, 0.25) is 0 Å². The van der Waals surface area contributed by atoms with Crippen LogP contribution in [-0.4, -0.2) is 40.4 Å². The Morgan fingerprint density at radius 3 is 2.48 bits per heavy atom. The molecule has 0 bridgehead atoms. The molecule has 1 aromatic carbocycles. The molecular formula is C15H16N2O4. The first-order chi connectivity index (χ1) is 9.99. The predicted octanol–water partition coefficient (Wildman–Crippen LogP) is 0.874. The van der Waals surface area contributed by atoms with Crippen LogP contribution in [-0.2, 0) is 9.59 Å². The number of benzene rings is 1. The summed E-state index contributed by atoms with van der Waals surface area (Å²) < 4.78 is 0. The molecule has 1 aromatic rings. The largest absolute Gasteiger partial charge is 0.480 e. The fourth-order valence-electron chi connectivity index (χ4n) is 2.31. The summed E-state index contributed by atoms with van der Waals surface area (Å²) in [6.45, 7) is 0.459. The summed E-state index contributed by atoms with van der Waals surface area (Å²) in [5.41, 5.74) is 6.27. The Balaban J connectivity index is 2.05. The number of amides is 2. The van der Waals surface area contributed by atoms with E-state index in [1.165, 1.54) is 11.0 Å². The molecule has 0 saturated carbocycles. The number of carboxylic acid groups (broad SMARTS) is 1. The van der Waals surface area contributed by atoms with Crippen LogP contribution in [0.3, 0.4) is 0 Å². The van der Waals surface area contributed by atoms with Crippen molar-refractivity contribution < 1.29 is 19.5 Å². The van der Waals surface area contributed by atoms with Gasteiger partial charge in [-0.25, -0.2) is 4.79 Å². The fourth-order valence-corrected chi connectivity index (χ4v) is 2.31. The summed E-state index contributed by atoms with van der Waals surface area (Å²) in [5, 5.41) is 9.04. The lowest BCUT2D eigenvalue weighted by Crippen LogP contribution is -2.39. The SMILES string of the molecule is NC(=O)c1ccc(/C=C/C(=O)N2CCC[C@H]2C(=O)O)cc1. The van der Waals surface area contributed by atoms with Crippen molar-refractivity contribution in [3.05, 3.63) is 41.5 Å². The van der Waals surface area contributed by atoms with Crippen LogP contribution >= 0.6 is 0 Å². The number of rotatable bonds is 4. The van der Waals surface area contributed by atoms with E-state index in [1.807, 2.05) is 0 Å². The number of hydrogen-bond acceptors (Lipinski definition) is 3. The van der Waals surface area contributed by atoms with Gasteiger partial charge in [0.25, 0.3) is 0 Å². The molecule has 1 aliphatic heterocycles. The Kier molecular flexibility index (Phi) is 4.37. The molecule has 0 aromatic heterocycles. The molecule has 6 nitrogen and oxygen atoms in total. The standard InChI is InChI=1S/C15H16N2O4/c16-14(19)11-6-3-10(4-7-11)5-8-13(18)17-9-1-2-12(17)15(20)21/h3-8,12H,1-2,9H2,(H2,16,19)(H,20,21)/b8-5+/t12-/m0/s1. The van der Waals surface area contributed by atoms with Crippen LogP contribution in [0.5, 0.6) is 0 Å². The zero-order valence-electron chi connectivity index (χ0n) is 11.4. The first kappa shape index (κ1) is 14.8. The third kappa shape index (κ3) is 3.47. The maximum Gasteiger partial charge on any atom is 0.326 e. The van der Waals surface area contributed by atoms with E-state index >= 15 is 0 Å². The van der Waals surface area contributed by atoms with E-state index in [0.29, 0.717) is 24.9 Å². The van der Waals surface area contributed by atoms with E-state index < -0.39 is 17.9 Å². The molecule has 1 fully saturated rings. The normalized spacial score (nSPS) is 18.1. The summed E-state index contributed by atoms with van der Waals surface area (Å²) in [4.78, 5) is 35.3. The van der Waals surface area contributed by atoms with Gasteiger partial charge in [-0.1, -0.05) is 12.1 Å². The molecule has 1 atom stereocenters. The number of hydrogen-bond donors (Lipinski definition) is 2. The second-order valence-electron chi connectivity index (χ2n) is 4.85. The van der Waals surface area contributed by atoms with Crippen LogP contribution in [0.1, 0.15) is 28.8 Å². The highest BCUT2D eigenvalue weighted by Crippen LogP contribution is 2.18. The second kappa shape index (κ2) is 6.21. The predicted molar refractivity (Wildman–Crippen MR) is 76.4 cm³/mol. The van der Waals surface area contributed by atoms with Gasteiger partial charge >= 0.3 is 5.97 Å². The molecule has 1 aliphatic rings. The van der Waals surface area contributed by atoms with Gasteiger partial charge in [-0.05, 0) is 36.6 Å². The van der Waals surface area contributed by atoms with Gasteiger partial charge < -0.3 is 15.7 Å². The van der Waals surface area contributed by atoms with Crippen LogP contribution in [0.25, 0.3) is 6.08 Å². The molecule has 0 spiro atoms. The minimum atomic E-state index is -0.972. The van der Waals surface area contributed by atoms with Gasteiger partial charge in [-0.2, -0.15) is 0 Å². The van der Waals surface area contributed by atoms with Crippen molar-refractivity contribution in [2.75, 3.05) is 6.54 Å². The molecular weight excluding hydrogens is 272 g/mol. The van der Waals surface area contributed by atoms with E-state index in [0.717, 1.165) is 5.56 Å². The van der Waals surface area contributed by atoms with Gasteiger partial charge in [0.2, 0.25) is 11.8 Å². The summed E-state index contributed by atoms with van der Waals surface area (Å²) >= 11 is 0. The van der Waals surface area contributed by atoms with Gasteiger partial charge in [-0.15, -0.1) is 0 Å². The average Bonchev–Trinajstić information content (AvgIpc) is 2.95. The van der Waals surface area contributed by atoms with Crippen molar-refractivity contribution in [2.24, 2.45) is 5.73 Å². The minimum Gasteiger partial charge on any atom is -0.480 e. The van der Waals surface area contributed by atoms with Gasteiger partial charge in [0, 0.05) is 18.2 Å². The van der Waals surface area contributed by atoms with Crippen LogP contribution < -0.4 is 5.73 Å². The maximum atomic E-state index is 12.0. The lowest BCUT2D eigenvalue weighted by atomic mass is 10.1. The summed E-state index contributed by atoms with van der Waals surface area (Å²) in [6, 6.07) is 5.75. The third-order valence-electron chi connectivity index (χ3n) is 3.43. The molecule has 0 unspecified atom stereocenters. The zero-order chi connectivity index (χ0) is 15.4. The first-order valence-electron chi connectivity index (χ1n) is 6.60. The molecule has 2 amide bonds. The topological polar surface area (TPSA) is 101 Å². The fraction of sp³-hybridized carbons (Fsp3) is 0.267. The summed E-state index contributed by atoms with van der Waals surface area (Å²) in [5.74, 6) is -1.80. The Labute approximate surface area is 121 Å². The molecule has 3 N–H and O–H groups in total. The Morgan fingerprint density at radius 2 is 1.90 bits per heavy atom. The van der Waals surface area contributed by atoms with Gasteiger partial charge in [0.1, 0.15) is 6.04 Å². The molecule has 110 valence electrons. The van der Waals surface area contributed by atoms with Gasteiger partial charge in [0.15, 0.2) is 0 Å². The van der Waals surface area contributed by atoms with Crippen molar-refractivity contribution in [3.8, 4) is 0 Å². The Hall–Kier alpha value is -2.63. The number of carboxylic acids is 1. The van der Waals surface area contributed by atoms with E-state index in [4.69, 9.17) is 10.8 Å². The lowest BCUT2D eigenvalue weighted by molar-refractivity contribution is -0.146. The minimum absolute atomic E-state index is 0.320. The monoisotopic (exact) mass is 288 g/mol. The highest BCUT2D eigenvalue weighted by atomic mass is 16.4. The number of nitrogens with two attached hydrogens (primary N) is 1. The van der Waals surface area contributed by atoms with Crippen molar-refractivity contribution in [1.82, 2.24) is 4.90 Å². The molecule has 1 heterocycles. The molecule has 1 saturated heterocycles. The summed E-state index contributed by atoms with van der Waals surface area (Å²) in [6.07, 6.45) is 4.12. The number of aliphatic carboxylic acids is 1. The lowest BCUT2D eigenvalue weighted by Gasteiger charge is -2.19. The number of primary amides is 1. The maximum absolute atomic E-state index is 12.0. The molecule has 21 heavy (non-hydrogen) atoms. The van der Waals surface area contributed by atoms with Gasteiger partial charge in [-0.3, -0.25) is 9.59 Å². The Morgan fingerprint density at radius 1 is 1.24 bits per heavy atom. The average molecular weight is 288 g/mol. The second-order valence-corrected chi connectivity index (χ2v) is 4.85. The van der Waals surface area contributed by atoms with E-state index in [2.05, 4.69) is 0 Å². The molecule has 2 rings (SSSR count). The highest BCUT2D eigenvalue weighted by Gasteiger charge is 2.32. The molecule has 0 aliphatic carbocycles. The quantitative estimate of drug-likeness (QED) is 0.803. The van der Waals surface area contributed by atoms with Gasteiger partial charge in [0.05, 0.1) is 0 Å². The van der Waals surface area contributed by atoms with E-state index in [9.17, 15) is 14.4 Å². The third-order valence-corrected chi connectivity index (χ3v) is 3.43. The van der Waals surface area contributed by atoms with Crippen LogP contribution in [0.4, 0.5) is 0 Å². The number of likely N-dealkylation sites (tertiary alicyclic amines) is 1.